The quantitative estimate of drug-likeness (QED) is 0.353. The number of nitrogens with zero attached hydrogens (tertiary/aromatic N) is 2. The average molecular weight is 467 g/mol. The fourth-order valence-electron chi connectivity index (χ4n) is 5.30. The van der Waals surface area contributed by atoms with Crippen molar-refractivity contribution in [3.63, 3.8) is 0 Å². The van der Waals surface area contributed by atoms with E-state index in [2.05, 4.69) is 49.1 Å². The summed E-state index contributed by atoms with van der Waals surface area (Å²) in [7, 11) is 0. The van der Waals surface area contributed by atoms with E-state index in [0.717, 1.165) is 61.9 Å². The summed E-state index contributed by atoms with van der Waals surface area (Å²) in [5.41, 5.74) is 1.34. The molecule has 2 aliphatic rings. The lowest BCUT2D eigenvalue weighted by molar-refractivity contribution is 0.0511. The molecule has 1 unspecified atom stereocenters. The van der Waals surface area contributed by atoms with Gasteiger partial charge in [0.2, 0.25) is 0 Å². The van der Waals surface area contributed by atoms with Crippen molar-refractivity contribution in [3.05, 3.63) is 70.8 Å². The smallest absolute Gasteiger partial charge is 0.136 e. The van der Waals surface area contributed by atoms with Gasteiger partial charge in [0.15, 0.2) is 0 Å². The molecule has 34 heavy (non-hydrogen) atoms. The largest absolute Gasteiger partial charge is 0.296 e. The fraction of sp³-hybridized carbons (Fsp3) is 0.567. The Bertz CT molecular complexity index is 904. The summed E-state index contributed by atoms with van der Waals surface area (Å²) in [6.45, 7) is 7.87. The van der Waals surface area contributed by atoms with Gasteiger partial charge in [-0.15, -0.1) is 0 Å². The Kier molecular flexibility index (Phi) is 9.25. The molecule has 184 valence electrons. The highest BCUT2D eigenvalue weighted by atomic mass is 19.1. The standard InChI is InChI=1S/C28H37F2N.C2H3N/c1-3-20-31(21-23-10-5-4-6-11-23)22(2)14-15-24-25(27(29)16-8-17-27)12-7-13-26(24)28(30)18-9-19-28;1-2-3/h4-7,10-13,22H,3,8-9,14-21H2,1-2H3;1H3. The third-order valence-corrected chi connectivity index (χ3v) is 7.61. The Hall–Kier alpha value is -2.25. The molecule has 2 aromatic rings. The lowest BCUT2D eigenvalue weighted by atomic mass is 9.69. The normalized spacial score (nSPS) is 18.6. The van der Waals surface area contributed by atoms with E-state index in [-0.39, 0.29) is 0 Å². The second-order valence-corrected chi connectivity index (χ2v) is 10.0. The SMILES string of the molecule is CC#N.CCCN(Cc1ccccc1)C(C)CCc1c(C2(F)CCC2)cccc1C1(F)CCC1. The van der Waals surface area contributed by atoms with Crippen LogP contribution < -0.4 is 0 Å². The third-order valence-electron chi connectivity index (χ3n) is 7.61. The number of rotatable bonds is 10. The molecule has 0 spiro atoms. The maximum Gasteiger partial charge on any atom is 0.136 e. The third kappa shape index (κ3) is 6.05. The van der Waals surface area contributed by atoms with E-state index in [1.807, 2.05) is 18.2 Å². The number of halogens is 2. The summed E-state index contributed by atoms with van der Waals surface area (Å²) < 4.78 is 31.1. The van der Waals surface area contributed by atoms with Crippen molar-refractivity contribution in [2.45, 2.75) is 102 Å². The van der Waals surface area contributed by atoms with Gasteiger partial charge in [0.05, 0.1) is 6.07 Å². The molecule has 2 fully saturated rings. The van der Waals surface area contributed by atoms with E-state index in [9.17, 15) is 0 Å². The molecule has 2 aromatic carbocycles. The monoisotopic (exact) mass is 466 g/mol. The predicted molar refractivity (Wildman–Crippen MR) is 136 cm³/mol. The van der Waals surface area contributed by atoms with Crippen molar-refractivity contribution in [2.24, 2.45) is 0 Å². The molecule has 2 nitrogen and oxygen atoms in total. The maximum absolute atomic E-state index is 15.5. The van der Waals surface area contributed by atoms with Crippen LogP contribution in [0.5, 0.6) is 0 Å². The molecular formula is C30H40F2N2. The second kappa shape index (κ2) is 11.9. The summed E-state index contributed by atoms with van der Waals surface area (Å²) in [6.07, 6.45) is 6.94. The van der Waals surface area contributed by atoms with Crippen molar-refractivity contribution in [1.29, 1.82) is 5.26 Å². The Morgan fingerprint density at radius 2 is 1.47 bits per heavy atom. The molecule has 0 saturated heterocycles. The highest BCUT2D eigenvalue weighted by Gasteiger charge is 2.45. The average Bonchev–Trinajstić information content (AvgIpc) is 2.80. The molecule has 0 aliphatic heterocycles. The van der Waals surface area contributed by atoms with Gasteiger partial charge in [-0.1, -0.05) is 55.5 Å². The molecular weight excluding hydrogens is 426 g/mol. The van der Waals surface area contributed by atoms with Gasteiger partial charge in [0, 0.05) is 19.5 Å². The van der Waals surface area contributed by atoms with Crippen LogP contribution in [-0.4, -0.2) is 17.5 Å². The molecule has 0 radical (unpaired) electrons. The lowest BCUT2D eigenvalue weighted by Crippen LogP contribution is -2.36. The van der Waals surface area contributed by atoms with E-state index in [1.54, 1.807) is 6.07 Å². The Balaban J connectivity index is 0.00000103. The van der Waals surface area contributed by atoms with Crippen molar-refractivity contribution >= 4 is 0 Å². The van der Waals surface area contributed by atoms with Crippen LogP contribution in [0, 0.1) is 11.3 Å². The van der Waals surface area contributed by atoms with Gasteiger partial charge in [0.25, 0.3) is 0 Å². The van der Waals surface area contributed by atoms with Gasteiger partial charge in [-0.2, -0.15) is 5.26 Å². The van der Waals surface area contributed by atoms with E-state index >= 15 is 8.78 Å². The molecule has 4 rings (SSSR count). The highest BCUT2D eigenvalue weighted by Crippen LogP contribution is 2.51. The molecule has 2 aliphatic carbocycles. The van der Waals surface area contributed by atoms with Gasteiger partial charge in [0.1, 0.15) is 11.3 Å². The van der Waals surface area contributed by atoms with Crippen molar-refractivity contribution in [2.75, 3.05) is 6.54 Å². The number of alkyl halides is 2. The zero-order valence-corrected chi connectivity index (χ0v) is 21.1. The molecule has 2 saturated carbocycles. The molecule has 0 bridgehead atoms. The van der Waals surface area contributed by atoms with Crippen LogP contribution >= 0.6 is 0 Å². The van der Waals surface area contributed by atoms with Crippen LogP contribution in [0.4, 0.5) is 8.78 Å². The first-order chi connectivity index (χ1) is 16.4. The predicted octanol–water partition coefficient (Wildman–Crippen LogP) is 8.15. The zero-order chi connectivity index (χ0) is 24.6. The van der Waals surface area contributed by atoms with E-state index in [0.29, 0.717) is 31.7 Å². The molecule has 4 heteroatoms. The Morgan fingerprint density at radius 3 is 1.91 bits per heavy atom. The molecule has 0 aromatic heterocycles. The summed E-state index contributed by atoms with van der Waals surface area (Å²) in [4.78, 5) is 2.51. The van der Waals surface area contributed by atoms with Crippen LogP contribution in [0.2, 0.25) is 0 Å². The second-order valence-electron chi connectivity index (χ2n) is 10.0. The molecule has 0 N–H and O–H groups in total. The van der Waals surface area contributed by atoms with Crippen molar-refractivity contribution in [3.8, 4) is 6.07 Å². The summed E-state index contributed by atoms with van der Waals surface area (Å²) in [6, 6.07) is 18.4. The highest BCUT2D eigenvalue weighted by molar-refractivity contribution is 5.44. The van der Waals surface area contributed by atoms with Crippen molar-refractivity contribution in [1.82, 2.24) is 4.90 Å². The first-order valence-corrected chi connectivity index (χ1v) is 13.0. The van der Waals surface area contributed by atoms with Gasteiger partial charge in [-0.3, -0.25) is 4.90 Å². The molecule has 0 amide bonds. The number of hydrogen-bond donors (Lipinski definition) is 0. The van der Waals surface area contributed by atoms with E-state index in [1.165, 1.54) is 12.5 Å². The van der Waals surface area contributed by atoms with Gasteiger partial charge in [-0.25, -0.2) is 8.78 Å². The topological polar surface area (TPSA) is 27.0 Å². The minimum atomic E-state index is -1.25. The van der Waals surface area contributed by atoms with Crippen LogP contribution in [0.25, 0.3) is 0 Å². The van der Waals surface area contributed by atoms with Crippen LogP contribution in [0.15, 0.2) is 48.5 Å². The first kappa shape index (κ1) is 26.4. The lowest BCUT2D eigenvalue weighted by Gasteiger charge is -2.40. The minimum absolute atomic E-state index is 0.356. The Labute approximate surface area is 205 Å². The first-order valence-electron chi connectivity index (χ1n) is 13.0. The minimum Gasteiger partial charge on any atom is -0.296 e. The number of benzene rings is 2. The van der Waals surface area contributed by atoms with Crippen LogP contribution in [0.3, 0.4) is 0 Å². The van der Waals surface area contributed by atoms with Gasteiger partial charge in [-0.05, 0) is 93.5 Å². The summed E-state index contributed by atoms with van der Waals surface area (Å²) >= 11 is 0. The van der Waals surface area contributed by atoms with Gasteiger partial charge < -0.3 is 0 Å². The number of nitriles is 1. The maximum atomic E-state index is 15.5. The molecule has 0 heterocycles. The zero-order valence-electron chi connectivity index (χ0n) is 21.1. The summed E-state index contributed by atoms with van der Waals surface area (Å²) in [5.74, 6) is 0. The van der Waals surface area contributed by atoms with E-state index in [4.69, 9.17) is 5.26 Å². The van der Waals surface area contributed by atoms with Gasteiger partial charge >= 0.3 is 0 Å². The van der Waals surface area contributed by atoms with Crippen LogP contribution in [-0.2, 0) is 24.3 Å². The summed E-state index contributed by atoms with van der Waals surface area (Å²) in [5, 5.41) is 7.32. The van der Waals surface area contributed by atoms with Crippen molar-refractivity contribution < 1.29 is 8.78 Å². The molecule has 1 atom stereocenters. The Morgan fingerprint density at radius 1 is 0.941 bits per heavy atom. The van der Waals surface area contributed by atoms with Crippen LogP contribution in [0.1, 0.15) is 94.4 Å². The van der Waals surface area contributed by atoms with E-state index < -0.39 is 11.3 Å². The fourth-order valence-corrected chi connectivity index (χ4v) is 5.30. The number of hydrogen-bond acceptors (Lipinski definition) is 2.